The Morgan fingerprint density at radius 2 is 1.79 bits per heavy atom. The summed E-state index contributed by atoms with van der Waals surface area (Å²) in [5.41, 5.74) is 4.01. The lowest BCUT2D eigenvalue weighted by Crippen LogP contribution is -2.40. The van der Waals surface area contributed by atoms with Crippen molar-refractivity contribution in [1.82, 2.24) is 19.8 Å². The molecule has 0 saturated carbocycles. The van der Waals surface area contributed by atoms with Crippen LogP contribution in [0.4, 0.5) is 4.39 Å². The number of nitrogens with one attached hydrogen (secondary N) is 1. The highest BCUT2D eigenvalue weighted by molar-refractivity contribution is 5.98. The second-order valence-electron chi connectivity index (χ2n) is 11.6. The van der Waals surface area contributed by atoms with Crippen LogP contribution < -0.4 is 14.8 Å². The number of methoxy groups -OCH3 is 2. The Labute approximate surface area is 246 Å². The highest BCUT2D eigenvalue weighted by Crippen LogP contribution is 2.39. The minimum Gasteiger partial charge on any atom is -0.493 e. The van der Waals surface area contributed by atoms with Crippen molar-refractivity contribution in [3.05, 3.63) is 89.5 Å². The van der Waals surface area contributed by atoms with E-state index in [4.69, 9.17) is 14.5 Å². The fourth-order valence-electron chi connectivity index (χ4n) is 6.68. The summed E-state index contributed by atoms with van der Waals surface area (Å²) >= 11 is 0. The molecule has 0 radical (unpaired) electrons. The van der Waals surface area contributed by atoms with Crippen LogP contribution in [-0.2, 0) is 12.0 Å². The van der Waals surface area contributed by atoms with Gasteiger partial charge in [0, 0.05) is 24.4 Å². The van der Waals surface area contributed by atoms with Crippen molar-refractivity contribution in [2.45, 2.75) is 37.6 Å². The minimum absolute atomic E-state index is 0.0530. The van der Waals surface area contributed by atoms with Gasteiger partial charge in [0.05, 0.1) is 25.3 Å². The van der Waals surface area contributed by atoms with E-state index in [9.17, 15) is 9.18 Å². The Morgan fingerprint density at radius 1 is 1.02 bits per heavy atom. The summed E-state index contributed by atoms with van der Waals surface area (Å²) in [7, 11) is 3.35. The number of ether oxygens (including phenoxy) is 2. The summed E-state index contributed by atoms with van der Waals surface area (Å²) in [4.78, 5) is 21.1. The molecule has 0 bridgehead atoms. The Morgan fingerprint density at radius 3 is 2.50 bits per heavy atom. The van der Waals surface area contributed by atoms with Crippen LogP contribution in [-0.4, -0.2) is 67.2 Å². The van der Waals surface area contributed by atoms with E-state index in [-0.39, 0.29) is 22.9 Å². The lowest BCUT2D eigenvalue weighted by atomic mass is 9.76. The normalized spacial score (nSPS) is 19.8. The summed E-state index contributed by atoms with van der Waals surface area (Å²) in [5.74, 6) is 1.80. The molecule has 6 rings (SSSR count). The van der Waals surface area contributed by atoms with Gasteiger partial charge in [0.2, 0.25) is 5.78 Å². The number of carbonyl (C=O) groups is 1. The molecule has 1 N–H and O–H groups in total. The van der Waals surface area contributed by atoms with Crippen molar-refractivity contribution in [1.29, 1.82) is 0 Å². The Hall–Kier alpha value is -3.75. The number of aromatic nitrogens is 2. The average molecular weight is 571 g/mol. The zero-order valence-electron chi connectivity index (χ0n) is 24.4. The molecular weight excluding hydrogens is 531 g/mol. The van der Waals surface area contributed by atoms with Crippen molar-refractivity contribution < 1.29 is 18.7 Å². The number of para-hydroxylation sites is 2. The maximum Gasteiger partial charge on any atom is 0.201 e. The van der Waals surface area contributed by atoms with Gasteiger partial charge in [0.25, 0.3) is 0 Å². The molecule has 1 unspecified atom stereocenters. The van der Waals surface area contributed by atoms with Crippen LogP contribution in [0.3, 0.4) is 0 Å². The molecule has 1 atom stereocenters. The van der Waals surface area contributed by atoms with Gasteiger partial charge in [0.1, 0.15) is 5.82 Å². The van der Waals surface area contributed by atoms with E-state index >= 15 is 0 Å². The molecule has 0 aliphatic carbocycles. The van der Waals surface area contributed by atoms with E-state index in [0.29, 0.717) is 12.4 Å². The Kier molecular flexibility index (Phi) is 8.27. The zero-order valence-corrected chi connectivity index (χ0v) is 24.4. The summed E-state index contributed by atoms with van der Waals surface area (Å²) in [6, 6.07) is 20.6. The third-order valence-corrected chi connectivity index (χ3v) is 9.23. The van der Waals surface area contributed by atoms with Gasteiger partial charge in [-0.15, -0.1) is 0 Å². The number of fused-ring (bicyclic) bond motifs is 1. The van der Waals surface area contributed by atoms with E-state index in [1.807, 2.05) is 34.9 Å². The van der Waals surface area contributed by atoms with Crippen LogP contribution in [0.15, 0.2) is 66.7 Å². The van der Waals surface area contributed by atoms with Crippen LogP contribution in [0.25, 0.3) is 11.0 Å². The van der Waals surface area contributed by atoms with Crippen molar-refractivity contribution in [3.63, 3.8) is 0 Å². The van der Waals surface area contributed by atoms with Gasteiger partial charge < -0.3 is 24.3 Å². The smallest absolute Gasteiger partial charge is 0.201 e. The molecule has 7 nitrogen and oxygen atoms in total. The number of benzene rings is 3. The van der Waals surface area contributed by atoms with Gasteiger partial charge in [-0.1, -0.05) is 30.3 Å². The second-order valence-corrected chi connectivity index (χ2v) is 11.6. The summed E-state index contributed by atoms with van der Waals surface area (Å²) in [6.45, 7) is 5.20. The minimum atomic E-state index is -0.267. The molecule has 0 amide bonds. The molecular formula is C34H39FN4O3. The van der Waals surface area contributed by atoms with Gasteiger partial charge in [-0.05, 0) is 99.4 Å². The number of ketones is 1. The molecule has 3 heterocycles. The third kappa shape index (κ3) is 5.65. The number of Topliss-reactive ketones (excluding diaryl/α,β-unsaturated/α-hetero) is 1. The van der Waals surface area contributed by atoms with Gasteiger partial charge in [-0.3, -0.25) is 4.79 Å². The number of imidazole rings is 1. The number of likely N-dealkylation sites (tertiary alicyclic amines) is 1. The summed E-state index contributed by atoms with van der Waals surface area (Å²) < 4.78 is 26.6. The largest absolute Gasteiger partial charge is 0.493 e. The van der Waals surface area contributed by atoms with Crippen molar-refractivity contribution >= 4 is 16.8 Å². The van der Waals surface area contributed by atoms with Crippen molar-refractivity contribution in [2.24, 2.45) is 5.92 Å². The predicted molar refractivity (Wildman–Crippen MR) is 162 cm³/mol. The van der Waals surface area contributed by atoms with E-state index in [0.717, 1.165) is 86.5 Å². The van der Waals surface area contributed by atoms with E-state index in [1.54, 1.807) is 26.4 Å². The second kappa shape index (κ2) is 12.2. The Bertz CT molecular complexity index is 1540. The number of nitrogens with zero attached hydrogens (tertiary/aromatic N) is 3. The molecule has 2 saturated heterocycles. The first-order valence-corrected chi connectivity index (χ1v) is 14.9. The van der Waals surface area contributed by atoms with E-state index in [1.165, 1.54) is 17.7 Å². The molecule has 1 aromatic heterocycles. The SMILES string of the molecule is COc1ccc(C2(CCN3CCC(C(=O)c4nc5ccccc5n4Cc4ccc(F)cc4)CC3)CCNC2)cc1OC. The number of hydrogen-bond donors (Lipinski definition) is 1. The predicted octanol–water partition coefficient (Wildman–Crippen LogP) is 5.46. The van der Waals surface area contributed by atoms with Gasteiger partial charge >= 0.3 is 0 Å². The lowest BCUT2D eigenvalue weighted by molar-refractivity contribution is 0.0819. The number of carbonyl (C=O) groups excluding carboxylic acids is 1. The molecule has 220 valence electrons. The maximum absolute atomic E-state index is 13.9. The highest BCUT2D eigenvalue weighted by Gasteiger charge is 2.37. The molecule has 42 heavy (non-hydrogen) atoms. The Balaban J connectivity index is 1.13. The molecule has 2 aliphatic rings. The maximum atomic E-state index is 13.9. The number of rotatable bonds is 10. The van der Waals surface area contributed by atoms with Gasteiger partial charge in [-0.25, -0.2) is 9.37 Å². The monoisotopic (exact) mass is 570 g/mol. The van der Waals surface area contributed by atoms with Crippen LogP contribution in [0.1, 0.15) is 47.4 Å². The molecule has 8 heteroatoms. The van der Waals surface area contributed by atoms with Crippen molar-refractivity contribution in [3.8, 4) is 11.5 Å². The molecule has 2 aliphatic heterocycles. The van der Waals surface area contributed by atoms with E-state index < -0.39 is 0 Å². The van der Waals surface area contributed by atoms with Gasteiger partial charge in [0.15, 0.2) is 17.3 Å². The number of piperidine rings is 1. The fraction of sp³-hybridized carbons (Fsp3) is 0.412. The number of hydrogen-bond acceptors (Lipinski definition) is 6. The van der Waals surface area contributed by atoms with Crippen LogP contribution in [0.2, 0.25) is 0 Å². The first kappa shape index (κ1) is 28.4. The van der Waals surface area contributed by atoms with Crippen LogP contribution >= 0.6 is 0 Å². The highest BCUT2D eigenvalue weighted by atomic mass is 19.1. The zero-order chi connectivity index (χ0) is 29.1. The third-order valence-electron chi connectivity index (χ3n) is 9.23. The summed E-state index contributed by atoms with van der Waals surface area (Å²) in [5, 5.41) is 3.58. The first-order chi connectivity index (χ1) is 20.5. The van der Waals surface area contributed by atoms with Crippen LogP contribution in [0, 0.1) is 11.7 Å². The molecule has 4 aromatic rings. The summed E-state index contributed by atoms with van der Waals surface area (Å²) in [6.07, 6.45) is 3.77. The molecule has 2 fully saturated rings. The van der Waals surface area contributed by atoms with Crippen molar-refractivity contribution in [2.75, 3.05) is 46.9 Å². The quantitative estimate of drug-likeness (QED) is 0.256. The average Bonchev–Trinajstić information content (AvgIpc) is 3.66. The standard InChI is InChI=1S/C34H39FN4O3/c1-41-30-12-9-26(21-31(30)42-2)34(15-17-36-23-34)16-20-38-18-13-25(14-19-38)32(40)33-37-28-5-3-4-6-29(28)39(33)22-24-7-10-27(35)11-8-24/h3-12,21,25,36H,13-20,22-23H2,1-2H3. The lowest BCUT2D eigenvalue weighted by Gasteiger charge is -2.35. The topological polar surface area (TPSA) is 68.6 Å². The molecule has 3 aromatic carbocycles. The van der Waals surface area contributed by atoms with Gasteiger partial charge in [-0.2, -0.15) is 0 Å². The van der Waals surface area contributed by atoms with Crippen LogP contribution in [0.5, 0.6) is 11.5 Å². The molecule has 0 spiro atoms. The van der Waals surface area contributed by atoms with E-state index in [2.05, 4.69) is 22.3 Å². The number of halogens is 1. The fourth-order valence-corrected chi connectivity index (χ4v) is 6.68. The first-order valence-electron chi connectivity index (χ1n) is 14.9.